The summed E-state index contributed by atoms with van der Waals surface area (Å²) < 4.78 is 13.8. The van der Waals surface area contributed by atoms with Crippen molar-refractivity contribution in [2.75, 3.05) is 12.8 Å². The highest BCUT2D eigenvalue weighted by atomic mass is 32.2. The van der Waals surface area contributed by atoms with Crippen molar-refractivity contribution in [2.45, 2.75) is 30.6 Å². The number of nitrogens with two attached hydrogens (primary N) is 1. The number of thioether (sulfide) groups is 1. The molecule has 1 fully saturated rings. The van der Waals surface area contributed by atoms with E-state index in [0.29, 0.717) is 10.8 Å². The molecule has 1 aromatic carbocycles. The molecule has 3 nitrogen and oxygen atoms in total. The van der Waals surface area contributed by atoms with Crippen LogP contribution in [0.5, 0.6) is 0 Å². The van der Waals surface area contributed by atoms with Crippen molar-refractivity contribution in [3.8, 4) is 11.8 Å². The van der Waals surface area contributed by atoms with Gasteiger partial charge in [-0.3, -0.25) is 4.79 Å². The van der Waals surface area contributed by atoms with Crippen LogP contribution >= 0.6 is 11.8 Å². The lowest BCUT2D eigenvalue weighted by Gasteiger charge is -2.13. The third-order valence-electron chi connectivity index (χ3n) is 3.61. The summed E-state index contributed by atoms with van der Waals surface area (Å²) in [5, 5.41) is 3.59. The maximum Gasteiger partial charge on any atom is 0.251 e. The summed E-state index contributed by atoms with van der Waals surface area (Å²) in [5.74, 6) is 4.53. The molecular formula is C16H19FN2OS. The summed E-state index contributed by atoms with van der Waals surface area (Å²) in [4.78, 5) is 12.1. The van der Waals surface area contributed by atoms with Gasteiger partial charge in [0.2, 0.25) is 0 Å². The van der Waals surface area contributed by atoms with Crippen molar-refractivity contribution in [1.29, 1.82) is 0 Å². The SMILES string of the molecule is CSC1CCC(NC(=O)c2ccc(C#CCN)c(F)c2)C1. The highest BCUT2D eigenvalue weighted by Crippen LogP contribution is 2.28. The molecule has 1 aromatic rings. The van der Waals surface area contributed by atoms with Gasteiger partial charge in [-0.05, 0) is 43.7 Å². The van der Waals surface area contributed by atoms with Gasteiger partial charge in [-0.2, -0.15) is 11.8 Å². The highest BCUT2D eigenvalue weighted by molar-refractivity contribution is 7.99. The third kappa shape index (κ3) is 4.23. The number of amides is 1. The first-order chi connectivity index (χ1) is 10.1. The standard InChI is InChI=1S/C16H19FN2OS/c1-21-14-7-6-13(10-14)19-16(20)12-5-4-11(3-2-8-18)15(17)9-12/h4-5,9,13-14H,6-8,10,18H2,1H3,(H,19,20). The number of hydrogen-bond donors (Lipinski definition) is 2. The number of rotatable bonds is 3. The minimum absolute atomic E-state index is 0.181. The second-order valence-corrected chi connectivity index (χ2v) is 6.18. The van der Waals surface area contributed by atoms with Crippen LogP contribution in [0.3, 0.4) is 0 Å². The molecule has 5 heteroatoms. The number of halogens is 1. The average molecular weight is 306 g/mol. The van der Waals surface area contributed by atoms with Crippen LogP contribution in [0.4, 0.5) is 4.39 Å². The monoisotopic (exact) mass is 306 g/mol. The van der Waals surface area contributed by atoms with E-state index in [-0.39, 0.29) is 24.1 Å². The minimum atomic E-state index is -0.489. The van der Waals surface area contributed by atoms with Crippen molar-refractivity contribution in [1.82, 2.24) is 5.32 Å². The largest absolute Gasteiger partial charge is 0.349 e. The molecule has 112 valence electrons. The smallest absolute Gasteiger partial charge is 0.251 e. The minimum Gasteiger partial charge on any atom is -0.349 e. The lowest BCUT2D eigenvalue weighted by molar-refractivity contribution is 0.0937. The van der Waals surface area contributed by atoms with Crippen LogP contribution < -0.4 is 11.1 Å². The maximum absolute atomic E-state index is 13.8. The lowest BCUT2D eigenvalue weighted by Crippen LogP contribution is -2.33. The van der Waals surface area contributed by atoms with Crippen LogP contribution in [-0.2, 0) is 0 Å². The second-order valence-electron chi connectivity index (χ2n) is 5.04. The molecule has 0 aromatic heterocycles. The quantitative estimate of drug-likeness (QED) is 0.841. The summed E-state index contributed by atoms with van der Waals surface area (Å²) in [6.45, 7) is 0.181. The molecule has 0 spiro atoms. The lowest BCUT2D eigenvalue weighted by atomic mass is 10.1. The van der Waals surface area contributed by atoms with E-state index in [1.54, 1.807) is 6.07 Å². The summed E-state index contributed by atoms with van der Waals surface area (Å²) in [7, 11) is 0. The Kier molecular flexibility index (Phi) is 5.66. The van der Waals surface area contributed by atoms with E-state index in [0.717, 1.165) is 19.3 Å². The molecule has 2 rings (SSSR count). The average Bonchev–Trinajstić information content (AvgIpc) is 2.93. The maximum atomic E-state index is 13.8. The number of hydrogen-bond acceptors (Lipinski definition) is 3. The zero-order valence-electron chi connectivity index (χ0n) is 12.0. The van der Waals surface area contributed by atoms with E-state index in [2.05, 4.69) is 23.4 Å². The van der Waals surface area contributed by atoms with Gasteiger partial charge in [-0.15, -0.1) is 0 Å². The summed E-state index contributed by atoms with van der Waals surface area (Å²) in [5.41, 5.74) is 5.85. The number of nitrogens with one attached hydrogen (secondary N) is 1. The molecule has 21 heavy (non-hydrogen) atoms. The molecule has 1 aliphatic rings. The molecule has 3 N–H and O–H groups in total. The number of benzene rings is 1. The molecule has 1 aliphatic carbocycles. The van der Waals surface area contributed by atoms with Crippen LogP contribution in [0, 0.1) is 17.7 Å². The molecular weight excluding hydrogens is 287 g/mol. The van der Waals surface area contributed by atoms with E-state index in [9.17, 15) is 9.18 Å². The molecule has 1 saturated carbocycles. The van der Waals surface area contributed by atoms with Gasteiger partial charge in [0.1, 0.15) is 5.82 Å². The van der Waals surface area contributed by atoms with E-state index in [1.165, 1.54) is 12.1 Å². The van der Waals surface area contributed by atoms with Gasteiger partial charge in [0.05, 0.1) is 12.1 Å². The number of carbonyl (C=O) groups is 1. The Labute approximate surface area is 128 Å². The van der Waals surface area contributed by atoms with Crippen molar-refractivity contribution < 1.29 is 9.18 Å². The van der Waals surface area contributed by atoms with E-state index in [1.807, 2.05) is 11.8 Å². The van der Waals surface area contributed by atoms with Gasteiger partial charge in [-0.25, -0.2) is 4.39 Å². The van der Waals surface area contributed by atoms with Crippen molar-refractivity contribution in [2.24, 2.45) is 5.73 Å². The first-order valence-corrected chi connectivity index (χ1v) is 8.25. The Morgan fingerprint density at radius 3 is 2.95 bits per heavy atom. The van der Waals surface area contributed by atoms with E-state index >= 15 is 0 Å². The molecule has 0 heterocycles. The Hall–Kier alpha value is -1.51. The van der Waals surface area contributed by atoms with Gasteiger partial charge < -0.3 is 11.1 Å². The fraction of sp³-hybridized carbons (Fsp3) is 0.438. The van der Waals surface area contributed by atoms with Crippen molar-refractivity contribution >= 4 is 17.7 Å². The topological polar surface area (TPSA) is 55.1 Å². The van der Waals surface area contributed by atoms with Gasteiger partial charge in [0.25, 0.3) is 5.91 Å². The predicted octanol–water partition coefficient (Wildman–Crippen LogP) is 2.15. The molecule has 0 bridgehead atoms. The van der Waals surface area contributed by atoms with Crippen LogP contribution in [-0.4, -0.2) is 30.0 Å². The normalized spacial score (nSPS) is 20.7. The Morgan fingerprint density at radius 2 is 2.33 bits per heavy atom. The van der Waals surface area contributed by atoms with E-state index in [4.69, 9.17) is 5.73 Å². The van der Waals surface area contributed by atoms with E-state index < -0.39 is 5.82 Å². The summed E-state index contributed by atoms with van der Waals surface area (Å²) >= 11 is 1.83. The van der Waals surface area contributed by atoms with Crippen molar-refractivity contribution in [3.05, 3.63) is 35.1 Å². The fourth-order valence-corrected chi connectivity index (χ4v) is 3.25. The first kappa shape index (κ1) is 15.9. The first-order valence-electron chi connectivity index (χ1n) is 6.96. The molecule has 0 aliphatic heterocycles. The molecule has 1 amide bonds. The zero-order chi connectivity index (χ0) is 15.2. The molecule has 0 saturated heterocycles. The van der Waals surface area contributed by atoms with Gasteiger partial charge in [-0.1, -0.05) is 11.8 Å². The highest BCUT2D eigenvalue weighted by Gasteiger charge is 2.25. The van der Waals surface area contributed by atoms with Crippen LogP contribution in [0.25, 0.3) is 0 Å². The predicted molar refractivity (Wildman–Crippen MR) is 84.7 cm³/mol. The van der Waals surface area contributed by atoms with Crippen molar-refractivity contribution in [3.63, 3.8) is 0 Å². The van der Waals surface area contributed by atoms with Crippen LogP contribution in [0.15, 0.2) is 18.2 Å². The Balaban J connectivity index is 2.01. The Morgan fingerprint density at radius 1 is 1.52 bits per heavy atom. The summed E-state index contributed by atoms with van der Waals surface area (Å²) in [6, 6.07) is 4.54. The molecule has 2 atom stereocenters. The molecule has 0 radical (unpaired) electrons. The van der Waals surface area contributed by atoms with Gasteiger partial charge >= 0.3 is 0 Å². The van der Waals surface area contributed by atoms with Gasteiger partial charge in [0, 0.05) is 16.9 Å². The molecule has 2 unspecified atom stereocenters. The second kappa shape index (κ2) is 7.48. The van der Waals surface area contributed by atoms with Gasteiger partial charge in [0.15, 0.2) is 0 Å². The fourth-order valence-electron chi connectivity index (χ4n) is 2.46. The number of carbonyl (C=O) groups excluding carboxylic acids is 1. The van der Waals surface area contributed by atoms with Crippen LogP contribution in [0.1, 0.15) is 35.2 Å². The van der Waals surface area contributed by atoms with Crippen LogP contribution in [0.2, 0.25) is 0 Å². The third-order valence-corrected chi connectivity index (χ3v) is 4.70. The summed E-state index contributed by atoms with van der Waals surface area (Å²) in [6.07, 6.45) is 5.18. The Bertz CT molecular complexity index is 579. The zero-order valence-corrected chi connectivity index (χ0v) is 12.8.